The van der Waals surface area contributed by atoms with Crippen LogP contribution in [0.2, 0.25) is 0 Å². The molecule has 3 N–H and O–H groups in total. The van der Waals surface area contributed by atoms with Crippen molar-refractivity contribution in [2.45, 2.75) is 57.2 Å². The van der Waals surface area contributed by atoms with Crippen molar-refractivity contribution in [3.05, 3.63) is 0 Å². The third-order valence-electron chi connectivity index (χ3n) is 3.77. The number of amides is 1. The van der Waals surface area contributed by atoms with Gasteiger partial charge in [-0.05, 0) is 32.1 Å². The Labute approximate surface area is 96.9 Å². The average molecular weight is 226 g/mol. The molecule has 0 aliphatic heterocycles. The lowest BCUT2D eigenvalue weighted by Crippen LogP contribution is -2.64. The Morgan fingerprint density at radius 1 is 1.50 bits per heavy atom. The summed E-state index contributed by atoms with van der Waals surface area (Å²) in [5.74, 6) is 0.761. The molecule has 2 fully saturated rings. The fraction of sp³-hybridized carbons (Fsp3) is 0.917. The first-order valence-corrected chi connectivity index (χ1v) is 6.37. The third-order valence-corrected chi connectivity index (χ3v) is 3.77. The molecule has 2 saturated carbocycles. The van der Waals surface area contributed by atoms with Crippen LogP contribution in [0.15, 0.2) is 0 Å². The van der Waals surface area contributed by atoms with Gasteiger partial charge in [-0.15, -0.1) is 0 Å². The van der Waals surface area contributed by atoms with Crippen LogP contribution in [0.3, 0.4) is 0 Å². The van der Waals surface area contributed by atoms with Crippen LogP contribution < -0.4 is 11.1 Å². The van der Waals surface area contributed by atoms with Crippen LogP contribution in [0.4, 0.5) is 0 Å². The molecule has 3 atom stereocenters. The number of rotatable bonds is 5. The van der Waals surface area contributed by atoms with E-state index >= 15 is 0 Å². The van der Waals surface area contributed by atoms with E-state index in [1.165, 1.54) is 19.3 Å². The molecular weight excluding hydrogens is 204 g/mol. The second-order valence-electron chi connectivity index (χ2n) is 4.99. The monoisotopic (exact) mass is 226 g/mol. The number of hydrogen-bond donors (Lipinski definition) is 2. The molecule has 92 valence electrons. The minimum absolute atomic E-state index is 0.0347. The van der Waals surface area contributed by atoms with Crippen LogP contribution in [0.1, 0.15) is 39.0 Å². The van der Waals surface area contributed by atoms with Gasteiger partial charge in [-0.3, -0.25) is 4.79 Å². The van der Waals surface area contributed by atoms with E-state index < -0.39 is 0 Å². The largest absolute Gasteiger partial charge is 0.376 e. The van der Waals surface area contributed by atoms with E-state index in [1.54, 1.807) is 0 Å². The van der Waals surface area contributed by atoms with Gasteiger partial charge in [0.15, 0.2) is 0 Å². The van der Waals surface area contributed by atoms with Gasteiger partial charge in [-0.25, -0.2) is 0 Å². The van der Waals surface area contributed by atoms with Gasteiger partial charge in [0.05, 0.1) is 12.1 Å². The Balaban J connectivity index is 1.72. The molecule has 0 saturated heterocycles. The molecule has 2 aliphatic carbocycles. The van der Waals surface area contributed by atoms with Crippen molar-refractivity contribution in [1.29, 1.82) is 0 Å². The topological polar surface area (TPSA) is 64.3 Å². The molecule has 2 rings (SSSR count). The summed E-state index contributed by atoms with van der Waals surface area (Å²) in [5.41, 5.74) is 5.87. The van der Waals surface area contributed by atoms with E-state index in [9.17, 15) is 4.79 Å². The number of carbonyl (C=O) groups excluding carboxylic acids is 1. The summed E-state index contributed by atoms with van der Waals surface area (Å²) in [6, 6.07) is 0.106. The standard InChI is InChI=1S/C12H22N2O2/c1-2-16-10-7-9(13)12(10)14-11(15)6-8-4-3-5-8/h8-10,12H,2-7,13H2,1H3,(H,14,15). The van der Waals surface area contributed by atoms with Crippen molar-refractivity contribution in [3.8, 4) is 0 Å². The molecule has 16 heavy (non-hydrogen) atoms. The van der Waals surface area contributed by atoms with Crippen LogP contribution in [-0.4, -0.2) is 30.7 Å². The summed E-state index contributed by atoms with van der Waals surface area (Å²) < 4.78 is 5.51. The van der Waals surface area contributed by atoms with E-state index in [-0.39, 0.29) is 24.1 Å². The molecular formula is C12H22N2O2. The van der Waals surface area contributed by atoms with E-state index in [0.29, 0.717) is 18.9 Å². The Hall–Kier alpha value is -0.610. The van der Waals surface area contributed by atoms with Gasteiger partial charge in [0.2, 0.25) is 5.91 Å². The summed E-state index contributed by atoms with van der Waals surface area (Å²) in [6.07, 6.45) is 5.36. The van der Waals surface area contributed by atoms with E-state index in [2.05, 4.69) is 5.32 Å². The van der Waals surface area contributed by atoms with Crippen molar-refractivity contribution in [2.24, 2.45) is 11.7 Å². The predicted molar refractivity (Wildman–Crippen MR) is 61.9 cm³/mol. The Kier molecular flexibility index (Phi) is 3.82. The van der Waals surface area contributed by atoms with Crippen molar-refractivity contribution >= 4 is 5.91 Å². The molecule has 0 aromatic carbocycles. The van der Waals surface area contributed by atoms with Crippen LogP contribution in [0, 0.1) is 5.92 Å². The first-order chi connectivity index (χ1) is 7.70. The van der Waals surface area contributed by atoms with Crippen molar-refractivity contribution in [2.75, 3.05) is 6.61 Å². The van der Waals surface area contributed by atoms with Crippen molar-refractivity contribution < 1.29 is 9.53 Å². The van der Waals surface area contributed by atoms with E-state index in [4.69, 9.17) is 10.5 Å². The summed E-state index contributed by atoms with van der Waals surface area (Å²) in [5, 5.41) is 3.01. The number of ether oxygens (including phenoxy) is 1. The SMILES string of the molecule is CCOC1CC(N)C1NC(=O)CC1CCC1. The van der Waals surface area contributed by atoms with Crippen LogP contribution in [-0.2, 0) is 9.53 Å². The average Bonchev–Trinajstić information content (AvgIpc) is 2.20. The highest BCUT2D eigenvalue weighted by atomic mass is 16.5. The van der Waals surface area contributed by atoms with Crippen LogP contribution in [0.25, 0.3) is 0 Å². The minimum Gasteiger partial charge on any atom is -0.376 e. The Bertz CT molecular complexity index is 251. The number of hydrogen-bond acceptors (Lipinski definition) is 3. The molecule has 1 amide bonds. The zero-order valence-electron chi connectivity index (χ0n) is 9.95. The van der Waals surface area contributed by atoms with Gasteiger partial charge >= 0.3 is 0 Å². The maximum absolute atomic E-state index is 11.7. The summed E-state index contributed by atoms with van der Waals surface area (Å²) in [7, 11) is 0. The smallest absolute Gasteiger partial charge is 0.220 e. The van der Waals surface area contributed by atoms with E-state index in [0.717, 1.165) is 6.42 Å². The number of carbonyl (C=O) groups is 1. The first-order valence-electron chi connectivity index (χ1n) is 6.37. The fourth-order valence-electron chi connectivity index (χ4n) is 2.43. The van der Waals surface area contributed by atoms with Crippen molar-refractivity contribution in [1.82, 2.24) is 5.32 Å². The van der Waals surface area contributed by atoms with Gasteiger partial charge in [0, 0.05) is 19.1 Å². The molecule has 2 aliphatic rings. The second kappa shape index (κ2) is 5.15. The van der Waals surface area contributed by atoms with Gasteiger partial charge in [-0.1, -0.05) is 6.42 Å². The molecule has 0 aromatic rings. The lowest BCUT2D eigenvalue weighted by molar-refractivity contribution is -0.127. The molecule has 3 unspecified atom stereocenters. The van der Waals surface area contributed by atoms with Gasteiger partial charge in [0.25, 0.3) is 0 Å². The van der Waals surface area contributed by atoms with E-state index in [1.807, 2.05) is 6.92 Å². The van der Waals surface area contributed by atoms with Gasteiger partial charge in [-0.2, -0.15) is 0 Å². The third kappa shape index (κ3) is 2.55. The van der Waals surface area contributed by atoms with Crippen LogP contribution in [0.5, 0.6) is 0 Å². The maximum Gasteiger partial charge on any atom is 0.220 e. The molecule has 0 spiro atoms. The summed E-state index contributed by atoms with van der Waals surface area (Å²) in [4.78, 5) is 11.7. The Morgan fingerprint density at radius 3 is 2.75 bits per heavy atom. The first kappa shape index (κ1) is 11.9. The summed E-state index contributed by atoms with van der Waals surface area (Å²) in [6.45, 7) is 2.66. The molecule has 0 bridgehead atoms. The quantitative estimate of drug-likeness (QED) is 0.728. The van der Waals surface area contributed by atoms with Gasteiger partial charge in [0.1, 0.15) is 0 Å². The lowest BCUT2D eigenvalue weighted by Gasteiger charge is -2.42. The normalized spacial score (nSPS) is 34.0. The zero-order valence-corrected chi connectivity index (χ0v) is 9.95. The van der Waals surface area contributed by atoms with Crippen molar-refractivity contribution in [3.63, 3.8) is 0 Å². The fourth-order valence-corrected chi connectivity index (χ4v) is 2.43. The number of nitrogens with two attached hydrogens (primary N) is 1. The zero-order chi connectivity index (χ0) is 11.5. The second-order valence-corrected chi connectivity index (χ2v) is 4.99. The number of nitrogens with one attached hydrogen (secondary N) is 1. The molecule has 0 aromatic heterocycles. The lowest BCUT2D eigenvalue weighted by atomic mass is 9.81. The highest BCUT2D eigenvalue weighted by Crippen LogP contribution is 2.29. The maximum atomic E-state index is 11.7. The summed E-state index contributed by atoms with van der Waals surface area (Å²) >= 11 is 0. The Morgan fingerprint density at radius 2 is 2.25 bits per heavy atom. The predicted octanol–water partition coefficient (Wildman–Crippen LogP) is 0.797. The highest BCUT2D eigenvalue weighted by Gasteiger charge is 2.40. The van der Waals surface area contributed by atoms with Crippen LogP contribution >= 0.6 is 0 Å². The molecule has 4 heteroatoms. The minimum atomic E-state index is 0.0347. The highest BCUT2D eigenvalue weighted by molar-refractivity contribution is 5.77. The molecule has 0 radical (unpaired) electrons. The molecule has 0 heterocycles. The van der Waals surface area contributed by atoms with Gasteiger partial charge < -0.3 is 15.8 Å². The molecule has 4 nitrogen and oxygen atoms in total.